The number of nitrogens with zero attached hydrogens (tertiary/aromatic N) is 1. The van der Waals surface area contributed by atoms with Crippen molar-refractivity contribution in [2.45, 2.75) is 26.5 Å². The quantitative estimate of drug-likeness (QED) is 0.721. The van der Waals surface area contributed by atoms with Crippen molar-refractivity contribution in [1.29, 1.82) is 0 Å². The topological polar surface area (TPSA) is 57.0 Å². The Morgan fingerprint density at radius 3 is 2.21 bits per heavy atom. The van der Waals surface area contributed by atoms with Gasteiger partial charge < -0.3 is 19.9 Å². The van der Waals surface area contributed by atoms with Crippen molar-refractivity contribution in [3.8, 4) is 17.2 Å². The van der Waals surface area contributed by atoms with E-state index in [0.29, 0.717) is 23.9 Å². The summed E-state index contributed by atoms with van der Waals surface area (Å²) in [6.07, 6.45) is 1.13. The van der Waals surface area contributed by atoms with Crippen LogP contribution < -0.4 is 19.9 Å². The van der Waals surface area contributed by atoms with Gasteiger partial charge in [-0.25, -0.2) is 0 Å². The molecule has 1 aliphatic rings. The molecule has 0 amide bonds. The van der Waals surface area contributed by atoms with Crippen LogP contribution in [0.3, 0.4) is 0 Å². The number of benzene rings is 2. The van der Waals surface area contributed by atoms with Crippen LogP contribution in [0, 0.1) is 5.41 Å². The molecule has 1 heterocycles. The van der Waals surface area contributed by atoms with Crippen LogP contribution in [0.2, 0.25) is 0 Å². The highest BCUT2D eigenvalue weighted by Crippen LogP contribution is 2.40. The predicted octanol–water partition coefficient (Wildman–Crippen LogP) is 3.88. The average Bonchev–Trinajstić information content (AvgIpc) is 3.08. The lowest BCUT2D eigenvalue weighted by atomic mass is 9.90. The van der Waals surface area contributed by atoms with Gasteiger partial charge in [-0.05, 0) is 48.2 Å². The fourth-order valence-corrected chi connectivity index (χ4v) is 3.58. The molecule has 2 N–H and O–H groups in total. The Morgan fingerprint density at radius 1 is 1.04 bits per heavy atom. The van der Waals surface area contributed by atoms with Crippen molar-refractivity contribution in [3.63, 3.8) is 0 Å². The van der Waals surface area contributed by atoms with E-state index in [1.54, 1.807) is 14.2 Å². The van der Waals surface area contributed by atoms with Crippen molar-refractivity contribution >= 4 is 12.4 Å². The zero-order chi connectivity index (χ0) is 19.3. The Morgan fingerprint density at radius 2 is 1.68 bits per heavy atom. The first-order chi connectivity index (χ1) is 13.1. The second-order valence-electron chi connectivity index (χ2n) is 7.58. The van der Waals surface area contributed by atoms with Crippen LogP contribution in [0.15, 0.2) is 42.5 Å². The zero-order valence-electron chi connectivity index (χ0n) is 16.9. The molecule has 0 radical (unpaired) electrons. The Hall–Kier alpha value is -1.95. The van der Waals surface area contributed by atoms with Gasteiger partial charge in [0.05, 0.1) is 14.2 Å². The van der Waals surface area contributed by atoms with Gasteiger partial charge in [0.15, 0.2) is 11.5 Å². The summed E-state index contributed by atoms with van der Waals surface area (Å²) in [6.45, 7) is 6.37. The Bertz CT molecular complexity index is 732. The minimum absolute atomic E-state index is 0. The Kier molecular flexibility index (Phi) is 7.98. The Labute approximate surface area is 174 Å². The molecule has 0 saturated carbocycles. The second-order valence-corrected chi connectivity index (χ2v) is 7.58. The molecule has 1 atom stereocenters. The van der Waals surface area contributed by atoms with E-state index >= 15 is 0 Å². The van der Waals surface area contributed by atoms with Crippen LogP contribution in [0.4, 0.5) is 0 Å². The van der Waals surface area contributed by atoms with Gasteiger partial charge >= 0.3 is 0 Å². The molecule has 1 aliphatic heterocycles. The van der Waals surface area contributed by atoms with Crippen LogP contribution in [0.1, 0.15) is 24.5 Å². The molecule has 0 spiro atoms. The zero-order valence-corrected chi connectivity index (χ0v) is 17.8. The highest BCUT2D eigenvalue weighted by molar-refractivity contribution is 5.85. The fraction of sp³-hybridized carbons (Fsp3) is 0.455. The van der Waals surface area contributed by atoms with Crippen molar-refractivity contribution in [3.05, 3.63) is 53.6 Å². The lowest BCUT2D eigenvalue weighted by Crippen LogP contribution is -2.31. The largest absolute Gasteiger partial charge is 0.493 e. The molecule has 5 nitrogen and oxygen atoms in total. The van der Waals surface area contributed by atoms with E-state index in [1.165, 1.54) is 0 Å². The van der Waals surface area contributed by atoms with E-state index < -0.39 is 0 Å². The SMILES string of the molecule is COc1cc(CN2CCC(C)(CN)C2)cc(OC)c1OCc1ccccc1.Cl. The molecule has 0 bridgehead atoms. The van der Waals surface area contributed by atoms with Crippen molar-refractivity contribution in [2.75, 3.05) is 33.9 Å². The van der Waals surface area contributed by atoms with E-state index in [1.807, 2.05) is 42.5 Å². The minimum Gasteiger partial charge on any atom is -0.493 e. The number of ether oxygens (including phenoxy) is 3. The molecule has 2 aromatic rings. The minimum atomic E-state index is 0. The summed E-state index contributed by atoms with van der Waals surface area (Å²) in [6, 6.07) is 14.2. The first-order valence-electron chi connectivity index (χ1n) is 9.41. The number of nitrogens with two attached hydrogens (primary N) is 1. The molecule has 1 unspecified atom stereocenters. The summed E-state index contributed by atoms with van der Waals surface area (Å²) in [4.78, 5) is 2.44. The Balaban J connectivity index is 0.00000280. The van der Waals surface area contributed by atoms with Gasteiger partial charge in [0.25, 0.3) is 0 Å². The molecule has 3 rings (SSSR count). The number of hydrogen-bond acceptors (Lipinski definition) is 5. The number of hydrogen-bond donors (Lipinski definition) is 1. The normalized spacial score (nSPS) is 19.1. The van der Waals surface area contributed by atoms with E-state index in [-0.39, 0.29) is 17.8 Å². The van der Waals surface area contributed by atoms with Crippen molar-refractivity contribution in [1.82, 2.24) is 4.90 Å². The molecule has 1 fully saturated rings. The summed E-state index contributed by atoms with van der Waals surface area (Å²) >= 11 is 0. The molecule has 154 valence electrons. The van der Waals surface area contributed by atoms with E-state index in [9.17, 15) is 0 Å². The molecule has 2 aromatic carbocycles. The first kappa shape index (κ1) is 22.3. The number of halogens is 1. The lowest BCUT2D eigenvalue weighted by Gasteiger charge is -2.23. The monoisotopic (exact) mass is 406 g/mol. The maximum Gasteiger partial charge on any atom is 0.203 e. The van der Waals surface area contributed by atoms with Crippen molar-refractivity contribution in [2.24, 2.45) is 11.1 Å². The van der Waals surface area contributed by atoms with Crippen LogP contribution in [-0.4, -0.2) is 38.8 Å². The number of likely N-dealkylation sites (tertiary alicyclic amines) is 1. The highest BCUT2D eigenvalue weighted by atomic mass is 35.5. The van der Waals surface area contributed by atoms with Crippen molar-refractivity contribution < 1.29 is 14.2 Å². The molecule has 28 heavy (non-hydrogen) atoms. The molecule has 6 heteroatoms. The van der Waals surface area contributed by atoms with E-state index in [2.05, 4.69) is 11.8 Å². The third kappa shape index (κ3) is 5.31. The first-order valence-corrected chi connectivity index (χ1v) is 9.41. The molecular formula is C22H31ClN2O3. The lowest BCUT2D eigenvalue weighted by molar-refractivity contribution is 0.261. The molecule has 1 saturated heterocycles. The average molecular weight is 407 g/mol. The summed E-state index contributed by atoms with van der Waals surface area (Å²) in [5.41, 5.74) is 8.40. The smallest absolute Gasteiger partial charge is 0.203 e. The van der Waals surface area contributed by atoms with Crippen LogP contribution in [-0.2, 0) is 13.2 Å². The van der Waals surface area contributed by atoms with Gasteiger partial charge in [0.1, 0.15) is 6.61 Å². The standard InChI is InChI=1S/C22H30N2O3.ClH/c1-22(15-23)9-10-24(16-22)13-18-11-19(25-2)21(20(12-18)26-3)27-14-17-7-5-4-6-8-17;/h4-8,11-12H,9-10,13-16,23H2,1-3H3;1H. The maximum atomic E-state index is 6.03. The maximum absolute atomic E-state index is 6.03. The summed E-state index contributed by atoms with van der Waals surface area (Å²) in [7, 11) is 3.32. The predicted molar refractivity (Wildman–Crippen MR) is 115 cm³/mol. The van der Waals surface area contributed by atoms with E-state index in [4.69, 9.17) is 19.9 Å². The van der Waals surface area contributed by atoms with Gasteiger partial charge in [-0.3, -0.25) is 4.90 Å². The van der Waals surface area contributed by atoms with Crippen LogP contribution in [0.5, 0.6) is 17.2 Å². The van der Waals surface area contributed by atoms with Gasteiger partial charge in [0, 0.05) is 13.1 Å². The van der Waals surface area contributed by atoms with Gasteiger partial charge in [-0.1, -0.05) is 37.3 Å². The van der Waals surface area contributed by atoms with Gasteiger partial charge in [-0.2, -0.15) is 0 Å². The third-order valence-electron chi connectivity index (χ3n) is 5.28. The van der Waals surface area contributed by atoms with E-state index in [0.717, 1.165) is 43.7 Å². The third-order valence-corrected chi connectivity index (χ3v) is 5.28. The highest BCUT2D eigenvalue weighted by Gasteiger charge is 2.32. The fourth-order valence-electron chi connectivity index (χ4n) is 3.58. The second kappa shape index (κ2) is 10.0. The molecular weight excluding hydrogens is 376 g/mol. The number of methoxy groups -OCH3 is 2. The number of rotatable bonds is 8. The van der Waals surface area contributed by atoms with Crippen LogP contribution >= 0.6 is 12.4 Å². The molecule has 0 aromatic heterocycles. The van der Waals surface area contributed by atoms with Gasteiger partial charge in [-0.15, -0.1) is 12.4 Å². The molecule has 0 aliphatic carbocycles. The van der Waals surface area contributed by atoms with Gasteiger partial charge in [0.2, 0.25) is 5.75 Å². The summed E-state index contributed by atoms with van der Waals surface area (Å²) in [5.74, 6) is 2.03. The summed E-state index contributed by atoms with van der Waals surface area (Å²) < 4.78 is 17.2. The van der Waals surface area contributed by atoms with Crippen LogP contribution in [0.25, 0.3) is 0 Å². The summed E-state index contributed by atoms with van der Waals surface area (Å²) in [5, 5.41) is 0.